The molecule has 0 fully saturated rings. The summed E-state index contributed by atoms with van der Waals surface area (Å²) in [6.45, 7) is 1.77. The molecular formula is C12H16N2O4. The second-order valence-electron chi connectivity index (χ2n) is 3.96. The zero-order chi connectivity index (χ0) is 13.5. The van der Waals surface area contributed by atoms with Crippen molar-refractivity contribution in [1.29, 1.82) is 0 Å². The first-order valence-corrected chi connectivity index (χ1v) is 5.70. The molecule has 18 heavy (non-hydrogen) atoms. The molecule has 0 aliphatic heterocycles. The average Bonchev–Trinajstić information content (AvgIpc) is 2.36. The Balaban J connectivity index is 2.56. The van der Waals surface area contributed by atoms with Gasteiger partial charge in [-0.05, 0) is 12.0 Å². The first-order chi connectivity index (χ1) is 8.56. The lowest BCUT2D eigenvalue weighted by Gasteiger charge is -2.13. The molecule has 0 spiro atoms. The molecular weight excluding hydrogens is 236 g/mol. The zero-order valence-corrected chi connectivity index (χ0v) is 10.1. The number of hydrogen-bond acceptors (Lipinski definition) is 4. The van der Waals surface area contributed by atoms with Crippen molar-refractivity contribution in [2.75, 3.05) is 6.61 Å². The maximum Gasteiger partial charge on any atom is 0.269 e. The highest BCUT2D eigenvalue weighted by molar-refractivity contribution is 5.78. The van der Waals surface area contributed by atoms with E-state index in [0.717, 1.165) is 0 Å². The van der Waals surface area contributed by atoms with Crippen LogP contribution < -0.4 is 5.32 Å². The van der Waals surface area contributed by atoms with Crippen molar-refractivity contribution < 1.29 is 14.8 Å². The molecule has 1 atom stereocenters. The Kier molecular flexibility index (Phi) is 5.26. The van der Waals surface area contributed by atoms with Gasteiger partial charge in [-0.1, -0.05) is 19.1 Å². The molecule has 1 rings (SSSR count). The number of aliphatic hydroxyl groups excluding tert-OH is 1. The van der Waals surface area contributed by atoms with Gasteiger partial charge in [-0.2, -0.15) is 0 Å². The Morgan fingerprint density at radius 2 is 2.06 bits per heavy atom. The van der Waals surface area contributed by atoms with E-state index >= 15 is 0 Å². The van der Waals surface area contributed by atoms with E-state index in [1.165, 1.54) is 12.1 Å². The third-order valence-corrected chi connectivity index (χ3v) is 2.59. The van der Waals surface area contributed by atoms with Gasteiger partial charge in [0.2, 0.25) is 5.91 Å². The zero-order valence-electron chi connectivity index (χ0n) is 10.1. The molecule has 0 bridgehead atoms. The minimum Gasteiger partial charge on any atom is -0.394 e. The summed E-state index contributed by atoms with van der Waals surface area (Å²) >= 11 is 0. The number of rotatable bonds is 6. The van der Waals surface area contributed by atoms with E-state index in [1.807, 2.05) is 6.92 Å². The minimum atomic E-state index is -0.483. The van der Waals surface area contributed by atoms with Crippen molar-refractivity contribution in [2.45, 2.75) is 25.8 Å². The molecule has 0 heterocycles. The van der Waals surface area contributed by atoms with Crippen LogP contribution in [0.5, 0.6) is 0 Å². The van der Waals surface area contributed by atoms with Crippen molar-refractivity contribution in [3.05, 3.63) is 39.9 Å². The fourth-order valence-corrected chi connectivity index (χ4v) is 1.48. The summed E-state index contributed by atoms with van der Waals surface area (Å²) in [5.74, 6) is -0.204. The molecule has 0 saturated heterocycles. The number of carbonyl (C=O) groups is 1. The van der Waals surface area contributed by atoms with Crippen LogP contribution in [0.2, 0.25) is 0 Å². The topological polar surface area (TPSA) is 92.5 Å². The number of hydrogen-bond donors (Lipinski definition) is 2. The lowest BCUT2D eigenvalue weighted by Crippen LogP contribution is -2.37. The Hall–Kier alpha value is -1.95. The average molecular weight is 252 g/mol. The van der Waals surface area contributed by atoms with Gasteiger partial charge in [0.25, 0.3) is 5.69 Å². The van der Waals surface area contributed by atoms with Crippen molar-refractivity contribution in [1.82, 2.24) is 5.32 Å². The Morgan fingerprint density at radius 3 is 2.50 bits per heavy atom. The van der Waals surface area contributed by atoms with E-state index in [9.17, 15) is 14.9 Å². The predicted molar refractivity (Wildman–Crippen MR) is 66.1 cm³/mol. The van der Waals surface area contributed by atoms with Gasteiger partial charge in [0.15, 0.2) is 0 Å². The summed E-state index contributed by atoms with van der Waals surface area (Å²) in [5.41, 5.74) is 0.701. The summed E-state index contributed by atoms with van der Waals surface area (Å²) in [7, 11) is 0. The maximum absolute atomic E-state index is 11.6. The summed E-state index contributed by atoms with van der Waals surface area (Å²) < 4.78 is 0. The van der Waals surface area contributed by atoms with Crippen LogP contribution in [-0.2, 0) is 11.2 Å². The Morgan fingerprint density at radius 1 is 1.44 bits per heavy atom. The normalized spacial score (nSPS) is 11.9. The van der Waals surface area contributed by atoms with E-state index in [-0.39, 0.29) is 30.7 Å². The third kappa shape index (κ3) is 4.14. The molecule has 2 N–H and O–H groups in total. The van der Waals surface area contributed by atoms with E-state index in [1.54, 1.807) is 12.1 Å². The molecule has 0 saturated carbocycles. The number of carbonyl (C=O) groups excluding carboxylic acids is 1. The quantitative estimate of drug-likeness (QED) is 0.584. The van der Waals surface area contributed by atoms with Gasteiger partial charge < -0.3 is 10.4 Å². The monoisotopic (exact) mass is 252 g/mol. The van der Waals surface area contributed by atoms with Crippen molar-refractivity contribution in [2.24, 2.45) is 0 Å². The van der Waals surface area contributed by atoms with E-state index in [2.05, 4.69) is 5.32 Å². The summed E-state index contributed by atoms with van der Waals surface area (Å²) in [6, 6.07) is 5.60. The van der Waals surface area contributed by atoms with E-state index in [4.69, 9.17) is 5.11 Å². The lowest BCUT2D eigenvalue weighted by molar-refractivity contribution is -0.384. The molecule has 6 heteroatoms. The fraction of sp³-hybridized carbons (Fsp3) is 0.417. The molecule has 1 aromatic rings. The van der Waals surface area contributed by atoms with Crippen molar-refractivity contribution in [3.63, 3.8) is 0 Å². The first-order valence-electron chi connectivity index (χ1n) is 5.70. The van der Waals surface area contributed by atoms with Gasteiger partial charge >= 0.3 is 0 Å². The number of benzene rings is 1. The molecule has 0 unspecified atom stereocenters. The van der Waals surface area contributed by atoms with E-state index in [0.29, 0.717) is 12.0 Å². The van der Waals surface area contributed by atoms with Crippen molar-refractivity contribution in [3.8, 4) is 0 Å². The van der Waals surface area contributed by atoms with Crippen LogP contribution in [0, 0.1) is 10.1 Å². The number of nitro benzene ring substituents is 1. The Labute approximate surface area is 105 Å². The second kappa shape index (κ2) is 6.70. The SMILES string of the molecule is CC[C@H](CO)NC(=O)Cc1ccc([N+](=O)[O-])cc1. The van der Waals surface area contributed by atoms with Gasteiger partial charge in [0, 0.05) is 12.1 Å². The molecule has 0 aliphatic carbocycles. The van der Waals surface area contributed by atoms with Crippen LogP contribution in [0.1, 0.15) is 18.9 Å². The Bertz CT molecular complexity index is 413. The van der Waals surface area contributed by atoms with Crippen LogP contribution in [0.15, 0.2) is 24.3 Å². The highest BCUT2D eigenvalue weighted by Crippen LogP contribution is 2.12. The highest BCUT2D eigenvalue weighted by atomic mass is 16.6. The minimum absolute atomic E-state index is 0.000881. The maximum atomic E-state index is 11.6. The lowest BCUT2D eigenvalue weighted by atomic mass is 10.1. The van der Waals surface area contributed by atoms with Crippen LogP contribution in [-0.4, -0.2) is 28.6 Å². The van der Waals surface area contributed by atoms with Crippen molar-refractivity contribution >= 4 is 11.6 Å². The molecule has 6 nitrogen and oxygen atoms in total. The number of aliphatic hydroxyl groups is 1. The second-order valence-corrected chi connectivity index (χ2v) is 3.96. The van der Waals surface area contributed by atoms with Crippen LogP contribution in [0.25, 0.3) is 0 Å². The molecule has 0 aliphatic rings. The first kappa shape index (κ1) is 14.1. The van der Waals surface area contributed by atoms with E-state index < -0.39 is 4.92 Å². The molecule has 0 aromatic heterocycles. The van der Waals surface area contributed by atoms with Gasteiger partial charge in [0.05, 0.1) is 24.0 Å². The molecule has 0 radical (unpaired) electrons. The largest absolute Gasteiger partial charge is 0.394 e. The summed E-state index contributed by atoms with van der Waals surface area (Å²) in [4.78, 5) is 21.6. The highest BCUT2D eigenvalue weighted by Gasteiger charge is 2.10. The van der Waals surface area contributed by atoms with Gasteiger partial charge in [-0.3, -0.25) is 14.9 Å². The summed E-state index contributed by atoms with van der Waals surface area (Å²) in [5, 5.41) is 22.1. The van der Waals surface area contributed by atoms with Crippen LogP contribution in [0.3, 0.4) is 0 Å². The number of non-ortho nitro benzene ring substituents is 1. The van der Waals surface area contributed by atoms with Crippen LogP contribution in [0.4, 0.5) is 5.69 Å². The number of nitrogens with one attached hydrogen (secondary N) is 1. The third-order valence-electron chi connectivity index (χ3n) is 2.59. The van der Waals surface area contributed by atoms with Gasteiger partial charge in [-0.15, -0.1) is 0 Å². The molecule has 98 valence electrons. The van der Waals surface area contributed by atoms with Gasteiger partial charge in [-0.25, -0.2) is 0 Å². The number of nitro groups is 1. The number of nitrogens with zero attached hydrogens (tertiary/aromatic N) is 1. The smallest absolute Gasteiger partial charge is 0.269 e. The standard InChI is InChI=1S/C12H16N2O4/c1-2-10(8-15)13-12(16)7-9-3-5-11(6-4-9)14(17)18/h3-6,10,15H,2,7-8H2,1H3,(H,13,16)/t10-/m1/s1. The molecule has 1 amide bonds. The predicted octanol–water partition coefficient (Wildman–Crippen LogP) is 1.02. The fourth-order valence-electron chi connectivity index (χ4n) is 1.48. The van der Waals surface area contributed by atoms with Crippen LogP contribution >= 0.6 is 0 Å². The molecule has 1 aromatic carbocycles. The number of amides is 1. The summed E-state index contributed by atoms with van der Waals surface area (Å²) in [6.07, 6.45) is 0.803. The van der Waals surface area contributed by atoms with Gasteiger partial charge in [0.1, 0.15) is 0 Å².